The van der Waals surface area contributed by atoms with Crippen molar-refractivity contribution in [1.29, 1.82) is 0 Å². The standard InChI is InChI=1S/C13H22N4O3/c1-8(2)11-12(17(18)19)13(16(4)15-11)14-10-5-6-20-9(3)7-10/h8-10,14H,5-7H2,1-4H3. The highest BCUT2D eigenvalue weighted by molar-refractivity contribution is 5.61. The van der Waals surface area contributed by atoms with Gasteiger partial charge in [-0.05, 0) is 19.8 Å². The first-order valence-corrected chi connectivity index (χ1v) is 6.99. The number of ether oxygens (including phenoxy) is 1. The van der Waals surface area contributed by atoms with E-state index in [1.807, 2.05) is 20.8 Å². The van der Waals surface area contributed by atoms with Crippen LogP contribution in [0.3, 0.4) is 0 Å². The van der Waals surface area contributed by atoms with E-state index >= 15 is 0 Å². The molecule has 20 heavy (non-hydrogen) atoms. The third-order valence-electron chi connectivity index (χ3n) is 3.60. The molecular weight excluding hydrogens is 260 g/mol. The van der Waals surface area contributed by atoms with Crippen LogP contribution in [0, 0.1) is 10.1 Å². The monoisotopic (exact) mass is 282 g/mol. The third kappa shape index (κ3) is 2.92. The molecule has 2 atom stereocenters. The summed E-state index contributed by atoms with van der Waals surface area (Å²) in [5.41, 5.74) is 0.627. The number of rotatable bonds is 4. The number of aryl methyl sites for hydroxylation is 1. The lowest BCUT2D eigenvalue weighted by Gasteiger charge is -2.28. The number of anilines is 1. The lowest BCUT2D eigenvalue weighted by atomic mass is 10.0. The number of hydrogen-bond acceptors (Lipinski definition) is 5. The highest BCUT2D eigenvalue weighted by atomic mass is 16.6. The molecule has 7 heteroatoms. The van der Waals surface area contributed by atoms with E-state index in [9.17, 15) is 10.1 Å². The van der Waals surface area contributed by atoms with Gasteiger partial charge in [0.1, 0.15) is 5.69 Å². The Labute approximate surface area is 118 Å². The topological polar surface area (TPSA) is 82.2 Å². The van der Waals surface area contributed by atoms with Gasteiger partial charge >= 0.3 is 5.69 Å². The largest absolute Gasteiger partial charge is 0.378 e. The zero-order valence-corrected chi connectivity index (χ0v) is 12.4. The van der Waals surface area contributed by atoms with Crippen LogP contribution in [0.25, 0.3) is 0 Å². The molecule has 1 aliphatic rings. The molecular formula is C13H22N4O3. The quantitative estimate of drug-likeness (QED) is 0.677. The van der Waals surface area contributed by atoms with Crippen molar-refractivity contribution in [1.82, 2.24) is 9.78 Å². The Morgan fingerprint density at radius 3 is 2.80 bits per heavy atom. The summed E-state index contributed by atoms with van der Waals surface area (Å²) in [5.74, 6) is 0.517. The average Bonchev–Trinajstić information content (AvgIpc) is 2.67. The summed E-state index contributed by atoms with van der Waals surface area (Å²) in [6.45, 7) is 6.53. The lowest BCUT2D eigenvalue weighted by Crippen LogP contribution is -2.33. The summed E-state index contributed by atoms with van der Waals surface area (Å²) in [6.07, 6.45) is 1.88. The second kappa shape index (κ2) is 5.78. The molecule has 2 rings (SSSR count). The van der Waals surface area contributed by atoms with Crippen molar-refractivity contribution in [2.45, 2.75) is 51.7 Å². The van der Waals surface area contributed by atoms with Crippen LogP contribution in [0.15, 0.2) is 0 Å². The molecule has 112 valence electrons. The highest BCUT2D eigenvalue weighted by Crippen LogP contribution is 2.34. The van der Waals surface area contributed by atoms with Gasteiger partial charge in [0, 0.05) is 25.6 Å². The van der Waals surface area contributed by atoms with Gasteiger partial charge < -0.3 is 10.1 Å². The zero-order chi connectivity index (χ0) is 14.9. The van der Waals surface area contributed by atoms with Crippen LogP contribution < -0.4 is 5.32 Å². The molecule has 0 saturated carbocycles. The molecule has 0 bridgehead atoms. The Morgan fingerprint density at radius 2 is 2.25 bits per heavy atom. The second-order valence-corrected chi connectivity index (χ2v) is 5.66. The van der Waals surface area contributed by atoms with Gasteiger partial charge in [-0.1, -0.05) is 13.8 Å². The second-order valence-electron chi connectivity index (χ2n) is 5.66. The van der Waals surface area contributed by atoms with Gasteiger partial charge in [0.05, 0.1) is 11.0 Å². The number of hydrogen-bond donors (Lipinski definition) is 1. The van der Waals surface area contributed by atoms with Gasteiger partial charge in [0.2, 0.25) is 5.82 Å². The minimum absolute atomic E-state index is 0.0192. The van der Waals surface area contributed by atoms with Crippen LogP contribution in [-0.2, 0) is 11.8 Å². The summed E-state index contributed by atoms with van der Waals surface area (Å²) in [7, 11) is 1.74. The lowest BCUT2D eigenvalue weighted by molar-refractivity contribution is -0.384. The minimum Gasteiger partial charge on any atom is -0.378 e. The first-order chi connectivity index (χ1) is 9.40. The molecule has 0 aromatic carbocycles. The van der Waals surface area contributed by atoms with Crippen molar-refractivity contribution in [2.75, 3.05) is 11.9 Å². The van der Waals surface area contributed by atoms with Crippen molar-refractivity contribution in [3.05, 3.63) is 15.8 Å². The molecule has 0 radical (unpaired) electrons. The van der Waals surface area contributed by atoms with Crippen LogP contribution in [0.5, 0.6) is 0 Å². The molecule has 2 heterocycles. The van der Waals surface area contributed by atoms with E-state index in [2.05, 4.69) is 10.4 Å². The van der Waals surface area contributed by atoms with Crippen molar-refractivity contribution in [2.24, 2.45) is 7.05 Å². The highest BCUT2D eigenvalue weighted by Gasteiger charge is 2.30. The maximum atomic E-state index is 11.4. The van der Waals surface area contributed by atoms with Crippen molar-refractivity contribution >= 4 is 11.5 Å². The van der Waals surface area contributed by atoms with E-state index in [0.717, 1.165) is 12.8 Å². The number of nitrogens with zero attached hydrogens (tertiary/aromatic N) is 3. The van der Waals surface area contributed by atoms with Crippen molar-refractivity contribution in [3.63, 3.8) is 0 Å². The number of aromatic nitrogens is 2. The fourth-order valence-corrected chi connectivity index (χ4v) is 2.59. The molecule has 7 nitrogen and oxygen atoms in total. The Kier molecular flexibility index (Phi) is 4.27. The number of nitrogens with one attached hydrogen (secondary N) is 1. The fraction of sp³-hybridized carbons (Fsp3) is 0.769. The Balaban J connectivity index is 2.28. The third-order valence-corrected chi connectivity index (χ3v) is 3.60. The average molecular weight is 282 g/mol. The van der Waals surface area contributed by atoms with Gasteiger partial charge in [-0.25, -0.2) is 4.68 Å². The van der Waals surface area contributed by atoms with E-state index in [-0.39, 0.29) is 28.7 Å². The smallest absolute Gasteiger partial charge is 0.334 e. The van der Waals surface area contributed by atoms with E-state index < -0.39 is 0 Å². The van der Waals surface area contributed by atoms with Crippen LogP contribution in [0.1, 0.15) is 45.2 Å². The van der Waals surface area contributed by atoms with E-state index in [4.69, 9.17) is 4.74 Å². The van der Waals surface area contributed by atoms with Gasteiger partial charge in [-0.2, -0.15) is 5.10 Å². The van der Waals surface area contributed by atoms with Crippen molar-refractivity contribution < 1.29 is 9.66 Å². The summed E-state index contributed by atoms with van der Waals surface area (Å²) >= 11 is 0. The Bertz CT molecular complexity index is 498. The summed E-state index contributed by atoms with van der Waals surface area (Å²) in [6, 6.07) is 0.188. The SMILES string of the molecule is CC1CC(Nc2c([N+](=O)[O-])c(C(C)C)nn2C)CCO1. The molecule has 2 unspecified atom stereocenters. The van der Waals surface area contributed by atoms with Gasteiger partial charge in [-0.3, -0.25) is 10.1 Å². The molecule has 1 aromatic rings. The molecule has 1 aromatic heterocycles. The maximum absolute atomic E-state index is 11.4. The Hall–Kier alpha value is -1.63. The van der Waals surface area contributed by atoms with Gasteiger partial charge in [0.15, 0.2) is 0 Å². The summed E-state index contributed by atoms with van der Waals surface area (Å²) < 4.78 is 7.08. The summed E-state index contributed by atoms with van der Waals surface area (Å²) in [5, 5.41) is 18.9. The molecule has 1 N–H and O–H groups in total. The molecule has 1 saturated heterocycles. The zero-order valence-electron chi connectivity index (χ0n) is 12.4. The minimum atomic E-state index is -0.340. The van der Waals surface area contributed by atoms with Crippen LogP contribution in [0.2, 0.25) is 0 Å². The predicted molar refractivity (Wildman–Crippen MR) is 76.0 cm³/mol. The maximum Gasteiger partial charge on any atom is 0.334 e. The molecule has 0 spiro atoms. The normalized spacial score (nSPS) is 23.1. The molecule has 1 fully saturated rings. The molecule has 1 aliphatic heterocycles. The number of nitro groups is 1. The van der Waals surface area contributed by atoms with Gasteiger partial charge in [-0.15, -0.1) is 0 Å². The van der Waals surface area contributed by atoms with E-state index in [1.165, 1.54) is 0 Å². The van der Waals surface area contributed by atoms with Crippen LogP contribution >= 0.6 is 0 Å². The molecule has 0 amide bonds. The predicted octanol–water partition coefficient (Wildman–Crippen LogP) is 2.43. The van der Waals surface area contributed by atoms with E-state index in [0.29, 0.717) is 18.1 Å². The van der Waals surface area contributed by atoms with Crippen molar-refractivity contribution in [3.8, 4) is 0 Å². The molecule has 0 aliphatic carbocycles. The Morgan fingerprint density at radius 1 is 1.55 bits per heavy atom. The van der Waals surface area contributed by atoms with Crippen LogP contribution in [-0.4, -0.2) is 33.5 Å². The first-order valence-electron chi connectivity index (χ1n) is 6.99. The first kappa shape index (κ1) is 14.8. The van der Waals surface area contributed by atoms with E-state index in [1.54, 1.807) is 11.7 Å². The van der Waals surface area contributed by atoms with Crippen LogP contribution in [0.4, 0.5) is 11.5 Å². The van der Waals surface area contributed by atoms with Gasteiger partial charge in [0.25, 0.3) is 0 Å². The summed E-state index contributed by atoms with van der Waals surface area (Å²) in [4.78, 5) is 11.0. The fourth-order valence-electron chi connectivity index (χ4n) is 2.59.